The van der Waals surface area contributed by atoms with E-state index < -0.39 is 24.6 Å². The topological polar surface area (TPSA) is 68.7 Å². The van der Waals surface area contributed by atoms with Crippen molar-refractivity contribution in [3.63, 3.8) is 0 Å². The van der Waals surface area contributed by atoms with Crippen LogP contribution in [0.5, 0.6) is 0 Å². The zero-order valence-corrected chi connectivity index (χ0v) is 18.4. The van der Waals surface area contributed by atoms with Crippen molar-refractivity contribution in [3.05, 3.63) is 66.2 Å². The van der Waals surface area contributed by atoms with Crippen molar-refractivity contribution in [3.8, 4) is 0 Å². The Morgan fingerprint density at radius 1 is 1.26 bits per heavy atom. The third kappa shape index (κ3) is 4.15. The molecular weight excluding hydrogens is 449 g/mol. The molecule has 6 nitrogen and oxygen atoms in total. The van der Waals surface area contributed by atoms with Crippen molar-refractivity contribution in [1.29, 1.82) is 0 Å². The summed E-state index contributed by atoms with van der Waals surface area (Å²) in [7, 11) is 0. The molecule has 1 saturated heterocycles. The number of amides is 2. The van der Waals surface area contributed by atoms with Crippen molar-refractivity contribution in [1.82, 2.24) is 9.88 Å². The van der Waals surface area contributed by atoms with Crippen molar-refractivity contribution in [2.24, 2.45) is 17.8 Å². The lowest BCUT2D eigenvalue weighted by molar-refractivity contribution is -0.303. The fraction of sp³-hybridized carbons (Fsp3) is 0.400. The van der Waals surface area contributed by atoms with Crippen molar-refractivity contribution in [2.75, 3.05) is 0 Å². The summed E-state index contributed by atoms with van der Waals surface area (Å²) in [5.74, 6) is -0.948. The Hall–Kier alpha value is -3.36. The second-order valence-electron chi connectivity index (χ2n) is 8.99. The summed E-state index contributed by atoms with van der Waals surface area (Å²) in [6, 6.07) is 7.24. The summed E-state index contributed by atoms with van der Waals surface area (Å²) in [6.07, 6.45) is 3.12. The van der Waals surface area contributed by atoms with Crippen LogP contribution in [-0.2, 0) is 20.7 Å². The number of carbonyl (C=O) groups is 2. The van der Waals surface area contributed by atoms with E-state index in [1.165, 1.54) is 12.2 Å². The van der Waals surface area contributed by atoms with E-state index in [4.69, 9.17) is 4.74 Å². The summed E-state index contributed by atoms with van der Waals surface area (Å²) in [4.78, 5) is 30.9. The number of benzene rings is 1. The lowest BCUT2D eigenvalue weighted by atomic mass is 9.60. The molecule has 9 heteroatoms. The van der Waals surface area contributed by atoms with Crippen molar-refractivity contribution < 1.29 is 32.2 Å². The van der Waals surface area contributed by atoms with E-state index in [1.54, 1.807) is 25.4 Å². The van der Waals surface area contributed by atoms with Gasteiger partial charge in [0.15, 0.2) is 0 Å². The molecule has 1 aliphatic heterocycles. The highest BCUT2D eigenvalue weighted by Crippen LogP contribution is 2.50. The highest BCUT2D eigenvalue weighted by molar-refractivity contribution is 5.94. The number of nitrogens with zero attached hydrogens (tertiary/aromatic N) is 2. The Kier molecular flexibility index (Phi) is 5.58. The number of aryl methyl sites for hydroxylation is 1. The first-order chi connectivity index (χ1) is 16.2. The zero-order chi connectivity index (χ0) is 24.0. The number of pyridine rings is 1. The van der Waals surface area contributed by atoms with Gasteiger partial charge in [-0.15, -0.1) is 13.2 Å². The second kappa shape index (κ2) is 8.45. The number of halogens is 3. The van der Waals surface area contributed by atoms with Gasteiger partial charge in [0.1, 0.15) is 11.9 Å². The van der Waals surface area contributed by atoms with Gasteiger partial charge in [0, 0.05) is 30.1 Å². The molecule has 1 aromatic heterocycles. The van der Waals surface area contributed by atoms with Gasteiger partial charge in [-0.05, 0) is 54.7 Å². The van der Waals surface area contributed by atoms with Crippen LogP contribution in [0.15, 0.2) is 60.6 Å². The van der Waals surface area contributed by atoms with E-state index in [0.29, 0.717) is 12.8 Å². The average molecular weight is 472 g/mol. The highest BCUT2D eigenvalue weighted by Gasteiger charge is 2.53. The second-order valence-corrected chi connectivity index (χ2v) is 8.99. The number of hydrogen-bond acceptors (Lipinski definition) is 5. The van der Waals surface area contributed by atoms with Crippen LogP contribution in [0, 0.1) is 17.8 Å². The maximum absolute atomic E-state index is 13.0. The quantitative estimate of drug-likeness (QED) is 0.602. The molecule has 1 saturated carbocycles. The van der Waals surface area contributed by atoms with Gasteiger partial charge in [0.05, 0.1) is 6.04 Å². The minimum Gasteiger partial charge on any atom is -0.443 e. The Labute approximate surface area is 194 Å². The number of imide groups is 1. The molecule has 2 amide bonds. The SMILES string of the molecule is C[C@H]1[C@@H](C2CC3C=CC(OC(F)(F)F)=CC32)OC(=O)N1C(=O)CCc1cncc2ccccc12. The van der Waals surface area contributed by atoms with Crippen LogP contribution in [0.1, 0.15) is 25.3 Å². The lowest BCUT2D eigenvalue weighted by Crippen LogP contribution is -2.48. The van der Waals surface area contributed by atoms with Crippen molar-refractivity contribution >= 4 is 22.8 Å². The number of fused-ring (bicyclic) bond motifs is 2. The number of aromatic nitrogens is 1. The molecule has 34 heavy (non-hydrogen) atoms. The van der Waals surface area contributed by atoms with Crippen LogP contribution in [0.4, 0.5) is 18.0 Å². The predicted molar refractivity (Wildman–Crippen MR) is 116 cm³/mol. The molecular formula is C25H23F3N2O4. The molecule has 0 N–H and O–H groups in total. The molecule has 2 fully saturated rings. The standard InChI is InChI=1S/C25H23F3N2O4/c1-14-23(21-10-15-6-8-18(11-20(15)21)34-25(26,27)28)33-24(32)30(14)22(31)9-7-17-13-29-12-16-4-2-3-5-19(16)17/h2-6,8,11-15,20-21,23H,7,9-10H2,1H3/t14-,15?,20?,21?,23-/m0/s1. The number of rotatable bonds is 5. The molecule has 0 radical (unpaired) electrons. The predicted octanol–water partition coefficient (Wildman–Crippen LogP) is 5.15. The summed E-state index contributed by atoms with van der Waals surface area (Å²) in [5.41, 5.74) is 0.918. The summed E-state index contributed by atoms with van der Waals surface area (Å²) >= 11 is 0. The monoisotopic (exact) mass is 472 g/mol. The van der Waals surface area contributed by atoms with Crippen LogP contribution in [0.25, 0.3) is 10.8 Å². The lowest BCUT2D eigenvalue weighted by Gasteiger charge is -2.46. The minimum atomic E-state index is -4.77. The number of cyclic esters (lactones) is 1. The zero-order valence-electron chi connectivity index (χ0n) is 18.4. The minimum absolute atomic E-state index is 0.0695. The molecule has 0 bridgehead atoms. The third-order valence-corrected chi connectivity index (χ3v) is 7.00. The van der Waals surface area contributed by atoms with E-state index in [0.717, 1.165) is 21.2 Å². The summed E-state index contributed by atoms with van der Waals surface area (Å²) < 4.78 is 47.4. The van der Waals surface area contributed by atoms with E-state index in [1.807, 2.05) is 24.3 Å². The molecule has 178 valence electrons. The van der Waals surface area contributed by atoms with Crippen LogP contribution in [-0.4, -0.2) is 40.4 Å². The molecule has 3 unspecified atom stereocenters. The van der Waals surface area contributed by atoms with Gasteiger partial charge in [0.25, 0.3) is 0 Å². The highest BCUT2D eigenvalue weighted by atomic mass is 19.4. The normalized spacial score (nSPS) is 28.2. The Morgan fingerprint density at radius 2 is 2.06 bits per heavy atom. The smallest absolute Gasteiger partial charge is 0.443 e. The van der Waals surface area contributed by atoms with Gasteiger partial charge in [0.2, 0.25) is 5.91 Å². The van der Waals surface area contributed by atoms with Crippen LogP contribution in [0.3, 0.4) is 0 Å². The van der Waals surface area contributed by atoms with Gasteiger partial charge >= 0.3 is 12.5 Å². The molecule has 1 aromatic carbocycles. The van der Waals surface area contributed by atoms with Gasteiger partial charge < -0.3 is 9.47 Å². The maximum Gasteiger partial charge on any atom is 0.573 e. The van der Waals surface area contributed by atoms with Gasteiger partial charge in [-0.1, -0.05) is 30.3 Å². The molecule has 2 aliphatic carbocycles. The molecule has 5 atom stereocenters. The third-order valence-electron chi connectivity index (χ3n) is 7.00. The first-order valence-corrected chi connectivity index (χ1v) is 11.2. The van der Waals surface area contributed by atoms with Crippen LogP contribution >= 0.6 is 0 Å². The molecule has 2 aromatic rings. The van der Waals surface area contributed by atoms with E-state index in [-0.39, 0.29) is 35.8 Å². The number of carbonyl (C=O) groups excluding carboxylic acids is 2. The number of allylic oxidation sites excluding steroid dienone is 3. The van der Waals surface area contributed by atoms with E-state index in [9.17, 15) is 22.8 Å². The molecule has 3 aliphatic rings. The fourth-order valence-electron chi connectivity index (χ4n) is 5.32. The number of hydrogen-bond donors (Lipinski definition) is 0. The number of alkyl halides is 3. The Morgan fingerprint density at radius 3 is 2.85 bits per heavy atom. The Bertz CT molecular complexity index is 1190. The van der Waals surface area contributed by atoms with Crippen LogP contribution in [0.2, 0.25) is 0 Å². The maximum atomic E-state index is 13.0. The molecule has 2 heterocycles. The number of ether oxygens (including phenoxy) is 2. The van der Waals surface area contributed by atoms with Crippen LogP contribution < -0.4 is 0 Å². The van der Waals surface area contributed by atoms with E-state index >= 15 is 0 Å². The van der Waals surface area contributed by atoms with Gasteiger partial charge in [-0.3, -0.25) is 9.78 Å². The van der Waals surface area contributed by atoms with Gasteiger partial charge in [-0.2, -0.15) is 0 Å². The van der Waals surface area contributed by atoms with Gasteiger partial charge in [-0.25, -0.2) is 9.69 Å². The largest absolute Gasteiger partial charge is 0.573 e. The first-order valence-electron chi connectivity index (χ1n) is 11.2. The molecule has 5 rings (SSSR count). The fourth-order valence-corrected chi connectivity index (χ4v) is 5.32. The summed E-state index contributed by atoms with van der Waals surface area (Å²) in [5, 5.41) is 1.99. The first kappa shape index (κ1) is 22.4. The Balaban J connectivity index is 1.25. The summed E-state index contributed by atoms with van der Waals surface area (Å²) in [6.45, 7) is 1.75. The van der Waals surface area contributed by atoms with Crippen molar-refractivity contribution in [2.45, 2.75) is 44.7 Å². The average Bonchev–Trinajstić information content (AvgIpc) is 3.06. The van der Waals surface area contributed by atoms with E-state index in [2.05, 4.69) is 9.72 Å². The molecule has 0 spiro atoms.